The summed E-state index contributed by atoms with van der Waals surface area (Å²) < 4.78 is 1.82. The van der Waals surface area contributed by atoms with Gasteiger partial charge in [0.2, 0.25) is 0 Å². The first kappa shape index (κ1) is 11.1. The molecule has 1 atom stereocenters. The summed E-state index contributed by atoms with van der Waals surface area (Å²) in [5.74, 6) is 0. The third-order valence-corrected chi connectivity index (χ3v) is 2.87. The van der Waals surface area contributed by atoms with E-state index in [2.05, 4.69) is 5.10 Å². The van der Waals surface area contributed by atoms with E-state index in [9.17, 15) is 5.11 Å². The Morgan fingerprint density at radius 3 is 2.50 bits per heavy atom. The Hall–Kier alpha value is -1.35. The number of aliphatic hydroxyl groups excluding tert-OH is 1. The maximum absolute atomic E-state index is 10.3. The molecule has 0 fully saturated rings. The molecule has 0 aliphatic carbocycles. The summed E-state index contributed by atoms with van der Waals surface area (Å²) in [6.45, 7) is 6.04. The number of aromatic nitrogens is 2. The lowest BCUT2D eigenvalue weighted by molar-refractivity contribution is 0.0596. The van der Waals surface area contributed by atoms with E-state index >= 15 is 0 Å². The van der Waals surface area contributed by atoms with Crippen LogP contribution in [0.3, 0.4) is 0 Å². The van der Waals surface area contributed by atoms with E-state index in [1.165, 1.54) is 0 Å². The second kappa shape index (κ2) is 3.59. The molecular weight excluding hydrogens is 200 g/mol. The second-order valence-corrected chi connectivity index (χ2v) is 5.29. The normalized spacial score (nSPS) is 14.3. The average molecular weight is 218 g/mol. The minimum absolute atomic E-state index is 0.197. The van der Waals surface area contributed by atoms with Gasteiger partial charge in [0.05, 0.1) is 11.2 Å². The quantitative estimate of drug-likeness (QED) is 0.799. The molecular formula is C13H18N2O. The highest BCUT2D eigenvalue weighted by Gasteiger charge is 2.27. The lowest BCUT2D eigenvalue weighted by atomic mass is 9.86. The van der Waals surface area contributed by atoms with Gasteiger partial charge in [-0.25, -0.2) is 0 Å². The second-order valence-electron chi connectivity index (χ2n) is 5.29. The van der Waals surface area contributed by atoms with Gasteiger partial charge in [-0.2, -0.15) is 5.10 Å². The lowest BCUT2D eigenvalue weighted by Gasteiger charge is -2.24. The number of aliphatic hydroxyl groups is 1. The zero-order chi connectivity index (χ0) is 11.9. The van der Waals surface area contributed by atoms with Crippen LogP contribution in [0.5, 0.6) is 0 Å². The summed E-state index contributed by atoms with van der Waals surface area (Å²) in [6, 6.07) is 7.98. The predicted octanol–water partition coefficient (Wildman–Crippen LogP) is 2.65. The molecule has 2 aromatic rings. The van der Waals surface area contributed by atoms with Crippen molar-refractivity contribution in [1.82, 2.24) is 9.78 Å². The molecule has 1 aromatic heterocycles. The van der Waals surface area contributed by atoms with Crippen molar-refractivity contribution in [2.45, 2.75) is 26.9 Å². The van der Waals surface area contributed by atoms with Crippen LogP contribution in [0.1, 0.15) is 32.6 Å². The number of para-hydroxylation sites is 1. The molecule has 3 nitrogen and oxygen atoms in total. The maximum Gasteiger partial charge on any atom is 0.103 e. The molecule has 0 radical (unpaired) electrons. The zero-order valence-electron chi connectivity index (χ0n) is 10.2. The van der Waals surface area contributed by atoms with Gasteiger partial charge in [-0.3, -0.25) is 4.68 Å². The van der Waals surface area contributed by atoms with Crippen molar-refractivity contribution < 1.29 is 5.11 Å². The molecule has 2 rings (SSSR count). The Kier molecular flexibility index (Phi) is 2.50. The van der Waals surface area contributed by atoms with Crippen molar-refractivity contribution >= 4 is 10.9 Å². The smallest absolute Gasteiger partial charge is 0.103 e. The molecule has 0 spiro atoms. The highest BCUT2D eigenvalue weighted by Crippen LogP contribution is 2.35. The number of fused-ring (bicyclic) bond motifs is 1. The molecule has 3 heteroatoms. The first-order valence-corrected chi connectivity index (χ1v) is 5.51. The SMILES string of the molecule is Cn1nc(C(O)C(C)(C)C)c2ccccc21. The molecule has 1 aromatic carbocycles. The number of rotatable bonds is 1. The minimum atomic E-state index is -0.543. The molecule has 1 N–H and O–H groups in total. The molecule has 0 saturated carbocycles. The molecule has 0 aliphatic heterocycles. The molecule has 1 heterocycles. The van der Waals surface area contributed by atoms with E-state index in [0.717, 1.165) is 16.6 Å². The van der Waals surface area contributed by atoms with Gasteiger partial charge < -0.3 is 5.11 Å². The van der Waals surface area contributed by atoms with Gasteiger partial charge in [-0.1, -0.05) is 39.0 Å². The number of hydrogen-bond acceptors (Lipinski definition) is 2. The minimum Gasteiger partial charge on any atom is -0.386 e. The van der Waals surface area contributed by atoms with Crippen LogP contribution in [0.15, 0.2) is 24.3 Å². The van der Waals surface area contributed by atoms with Crippen molar-refractivity contribution in [1.29, 1.82) is 0 Å². The molecule has 0 bridgehead atoms. The van der Waals surface area contributed by atoms with Gasteiger partial charge in [-0.15, -0.1) is 0 Å². The Labute approximate surface area is 95.7 Å². The fourth-order valence-electron chi connectivity index (χ4n) is 1.85. The number of hydrogen-bond donors (Lipinski definition) is 1. The number of nitrogens with zero attached hydrogens (tertiary/aromatic N) is 2. The van der Waals surface area contributed by atoms with Crippen LogP contribution in [0.2, 0.25) is 0 Å². The van der Waals surface area contributed by atoms with Crippen LogP contribution < -0.4 is 0 Å². The van der Waals surface area contributed by atoms with Crippen molar-refractivity contribution in [2.75, 3.05) is 0 Å². The molecule has 0 saturated heterocycles. The third-order valence-electron chi connectivity index (χ3n) is 2.87. The van der Waals surface area contributed by atoms with E-state index in [1.54, 1.807) is 0 Å². The highest BCUT2D eigenvalue weighted by atomic mass is 16.3. The van der Waals surface area contributed by atoms with Crippen molar-refractivity contribution in [2.24, 2.45) is 12.5 Å². The first-order valence-electron chi connectivity index (χ1n) is 5.51. The summed E-state index contributed by atoms with van der Waals surface area (Å²) >= 11 is 0. The summed E-state index contributed by atoms with van der Waals surface area (Å²) in [5, 5.41) is 15.8. The first-order chi connectivity index (χ1) is 7.41. The predicted molar refractivity (Wildman–Crippen MR) is 65.1 cm³/mol. The molecule has 0 amide bonds. The zero-order valence-corrected chi connectivity index (χ0v) is 10.2. The molecule has 16 heavy (non-hydrogen) atoms. The summed E-state index contributed by atoms with van der Waals surface area (Å²) in [5.41, 5.74) is 1.63. The van der Waals surface area contributed by atoms with Crippen LogP contribution >= 0.6 is 0 Å². The molecule has 1 unspecified atom stereocenters. The van der Waals surface area contributed by atoms with Crippen LogP contribution in [0.4, 0.5) is 0 Å². The number of aryl methyl sites for hydroxylation is 1. The fraction of sp³-hybridized carbons (Fsp3) is 0.462. The average Bonchev–Trinajstić information content (AvgIpc) is 2.55. The van der Waals surface area contributed by atoms with Gasteiger partial charge in [0.15, 0.2) is 0 Å². The summed E-state index contributed by atoms with van der Waals surface area (Å²) in [6.07, 6.45) is -0.543. The fourth-order valence-corrected chi connectivity index (χ4v) is 1.85. The Bertz CT molecular complexity index is 508. The molecule has 0 aliphatic rings. The van der Waals surface area contributed by atoms with Gasteiger partial charge in [0.1, 0.15) is 6.10 Å². The number of benzene rings is 1. The van der Waals surface area contributed by atoms with E-state index in [1.807, 2.05) is 56.8 Å². The van der Waals surface area contributed by atoms with Gasteiger partial charge in [0.25, 0.3) is 0 Å². The summed E-state index contributed by atoms with van der Waals surface area (Å²) in [4.78, 5) is 0. The van der Waals surface area contributed by atoms with Gasteiger partial charge in [0, 0.05) is 12.4 Å². The maximum atomic E-state index is 10.3. The monoisotopic (exact) mass is 218 g/mol. The van der Waals surface area contributed by atoms with Gasteiger partial charge >= 0.3 is 0 Å². The van der Waals surface area contributed by atoms with Crippen LogP contribution in [0.25, 0.3) is 10.9 Å². The Morgan fingerprint density at radius 2 is 1.88 bits per heavy atom. The van der Waals surface area contributed by atoms with Crippen LogP contribution in [0, 0.1) is 5.41 Å². The van der Waals surface area contributed by atoms with Crippen molar-refractivity contribution in [3.63, 3.8) is 0 Å². The third kappa shape index (κ3) is 1.71. The van der Waals surface area contributed by atoms with Crippen molar-refractivity contribution in [3.8, 4) is 0 Å². The largest absolute Gasteiger partial charge is 0.386 e. The Balaban J connectivity index is 2.62. The highest BCUT2D eigenvalue weighted by molar-refractivity contribution is 5.82. The van der Waals surface area contributed by atoms with E-state index in [0.29, 0.717) is 0 Å². The lowest BCUT2D eigenvalue weighted by Crippen LogP contribution is -2.18. The van der Waals surface area contributed by atoms with E-state index < -0.39 is 6.10 Å². The van der Waals surface area contributed by atoms with Crippen molar-refractivity contribution in [3.05, 3.63) is 30.0 Å². The summed E-state index contributed by atoms with van der Waals surface area (Å²) in [7, 11) is 1.90. The van der Waals surface area contributed by atoms with E-state index in [4.69, 9.17) is 0 Å². The van der Waals surface area contributed by atoms with Gasteiger partial charge in [-0.05, 0) is 11.5 Å². The van der Waals surface area contributed by atoms with E-state index in [-0.39, 0.29) is 5.41 Å². The standard InChI is InChI=1S/C13H18N2O/c1-13(2,3)12(16)11-9-7-5-6-8-10(9)15(4)14-11/h5-8,12,16H,1-4H3. The topological polar surface area (TPSA) is 38.0 Å². The van der Waals surface area contributed by atoms with Crippen LogP contribution in [-0.2, 0) is 7.05 Å². The molecule has 86 valence electrons. The Morgan fingerprint density at radius 1 is 1.25 bits per heavy atom. The van der Waals surface area contributed by atoms with Crippen LogP contribution in [-0.4, -0.2) is 14.9 Å².